The van der Waals surface area contributed by atoms with Crippen LogP contribution in [-0.2, 0) is 0 Å². The Morgan fingerprint density at radius 1 is 1.19 bits per heavy atom. The molecule has 112 valence electrons. The number of hydrogen-bond donors (Lipinski definition) is 1. The van der Waals surface area contributed by atoms with Gasteiger partial charge in [0.15, 0.2) is 0 Å². The minimum Gasteiger partial charge on any atom is -0.368 e. The van der Waals surface area contributed by atoms with E-state index in [1.165, 1.54) is 17.4 Å². The van der Waals surface area contributed by atoms with E-state index in [1.807, 2.05) is 0 Å². The molecule has 0 saturated carbocycles. The number of nitrogens with zero attached hydrogens (tertiary/aromatic N) is 7. The Kier molecular flexibility index (Phi) is 3.44. The summed E-state index contributed by atoms with van der Waals surface area (Å²) < 4.78 is 1.49. The number of anilines is 2. The van der Waals surface area contributed by atoms with Gasteiger partial charge >= 0.3 is 0 Å². The molecule has 3 heterocycles. The molecule has 2 aromatic rings. The second-order valence-electron chi connectivity index (χ2n) is 5.78. The first-order chi connectivity index (χ1) is 10.1. The van der Waals surface area contributed by atoms with Crippen LogP contribution in [0.2, 0.25) is 0 Å². The van der Waals surface area contributed by atoms with Crippen molar-refractivity contribution in [2.75, 3.05) is 23.7 Å². The standard InChI is InChI=1S/C13H20N8/c1-3-13(2)4-6-20(7-5-13)11-17-10(14)18-12(19-11)21-9-15-8-16-21/h8-9H,3-7H2,1-2H3,(H2,14,17,18,19). The van der Waals surface area contributed by atoms with Gasteiger partial charge < -0.3 is 10.6 Å². The fourth-order valence-electron chi connectivity index (χ4n) is 2.52. The molecule has 0 aromatic carbocycles. The Labute approximate surface area is 123 Å². The zero-order chi connectivity index (χ0) is 14.9. The molecular formula is C13H20N8. The predicted molar refractivity (Wildman–Crippen MR) is 79.0 cm³/mol. The van der Waals surface area contributed by atoms with Crippen molar-refractivity contribution >= 4 is 11.9 Å². The van der Waals surface area contributed by atoms with Gasteiger partial charge in [0, 0.05) is 13.1 Å². The lowest BCUT2D eigenvalue weighted by Crippen LogP contribution is -2.39. The number of aromatic nitrogens is 6. The first kappa shape index (κ1) is 13.7. The Morgan fingerprint density at radius 3 is 2.52 bits per heavy atom. The van der Waals surface area contributed by atoms with E-state index in [-0.39, 0.29) is 5.95 Å². The number of nitrogen functional groups attached to an aromatic ring is 1. The van der Waals surface area contributed by atoms with Gasteiger partial charge in [-0.25, -0.2) is 4.98 Å². The average Bonchev–Trinajstić information content (AvgIpc) is 3.02. The van der Waals surface area contributed by atoms with E-state index >= 15 is 0 Å². The highest BCUT2D eigenvalue weighted by Gasteiger charge is 2.29. The van der Waals surface area contributed by atoms with Crippen LogP contribution in [0.15, 0.2) is 12.7 Å². The second kappa shape index (κ2) is 5.27. The van der Waals surface area contributed by atoms with Crippen molar-refractivity contribution in [3.63, 3.8) is 0 Å². The summed E-state index contributed by atoms with van der Waals surface area (Å²) in [6.45, 7) is 6.46. The number of piperidine rings is 1. The molecule has 0 atom stereocenters. The maximum Gasteiger partial charge on any atom is 0.258 e. The normalized spacial score (nSPS) is 17.9. The van der Waals surface area contributed by atoms with Crippen LogP contribution >= 0.6 is 0 Å². The largest absolute Gasteiger partial charge is 0.368 e. The van der Waals surface area contributed by atoms with Gasteiger partial charge in [-0.1, -0.05) is 20.3 Å². The lowest BCUT2D eigenvalue weighted by molar-refractivity contribution is 0.237. The Bertz CT molecular complexity index is 601. The fourth-order valence-corrected chi connectivity index (χ4v) is 2.52. The molecule has 0 spiro atoms. The molecule has 8 heteroatoms. The fraction of sp³-hybridized carbons (Fsp3) is 0.615. The maximum atomic E-state index is 5.80. The summed E-state index contributed by atoms with van der Waals surface area (Å²) in [7, 11) is 0. The monoisotopic (exact) mass is 288 g/mol. The van der Waals surface area contributed by atoms with Crippen molar-refractivity contribution in [3.8, 4) is 5.95 Å². The van der Waals surface area contributed by atoms with Crippen molar-refractivity contribution in [1.82, 2.24) is 29.7 Å². The van der Waals surface area contributed by atoms with Gasteiger partial charge in [0.25, 0.3) is 5.95 Å². The topological polar surface area (TPSA) is 98.6 Å². The van der Waals surface area contributed by atoms with Crippen molar-refractivity contribution in [1.29, 1.82) is 0 Å². The van der Waals surface area contributed by atoms with Crippen LogP contribution in [-0.4, -0.2) is 42.8 Å². The van der Waals surface area contributed by atoms with E-state index in [0.717, 1.165) is 25.9 Å². The molecule has 2 aromatic heterocycles. The van der Waals surface area contributed by atoms with Gasteiger partial charge in [0.1, 0.15) is 12.7 Å². The van der Waals surface area contributed by atoms with E-state index in [1.54, 1.807) is 6.33 Å². The second-order valence-corrected chi connectivity index (χ2v) is 5.78. The molecule has 2 N–H and O–H groups in total. The van der Waals surface area contributed by atoms with Crippen LogP contribution in [0.4, 0.5) is 11.9 Å². The number of nitrogens with two attached hydrogens (primary N) is 1. The number of rotatable bonds is 3. The molecule has 0 aliphatic carbocycles. The third-order valence-electron chi connectivity index (χ3n) is 4.36. The molecule has 8 nitrogen and oxygen atoms in total. The third kappa shape index (κ3) is 2.79. The van der Waals surface area contributed by atoms with Crippen LogP contribution in [0.1, 0.15) is 33.1 Å². The van der Waals surface area contributed by atoms with E-state index in [2.05, 4.69) is 43.8 Å². The molecule has 0 unspecified atom stereocenters. The van der Waals surface area contributed by atoms with Gasteiger partial charge in [-0.15, -0.1) is 0 Å². The van der Waals surface area contributed by atoms with Crippen molar-refractivity contribution in [2.45, 2.75) is 33.1 Å². The summed E-state index contributed by atoms with van der Waals surface area (Å²) in [5.74, 6) is 1.22. The summed E-state index contributed by atoms with van der Waals surface area (Å²) >= 11 is 0. The molecule has 0 radical (unpaired) electrons. The molecule has 1 aliphatic rings. The molecule has 21 heavy (non-hydrogen) atoms. The minimum atomic E-state index is 0.203. The summed E-state index contributed by atoms with van der Waals surface area (Å²) in [6, 6.07) is 0. The Balaban J connectivity index is 1.83. The zero-order valence-electron chi connectivity index (χ0n) is 12.4. The first-order valence-electron chi connectivity index (χ1n) is 7.21. The highest BCUT2D eigenvalue weighted by atomic mass is 15.4. The molecule has 1 saturated heterocycles. The average molecular weight is 288 g/mol. The van der Waals surface area contributed by atoms with E-state index in [0.29, 0.717) is 17.3 Å². The van der Waals surface area contributed by atoms with Crippen molar-refractivity contribution in [3.05, 3.63) is 12.7 Å². The molecule has 3 rings (SSSR count). The highest BCUT2D eigenvalue weighted by molar-refractivity contribution is 5.38. The molecule has 1 fully saturated rings. The predicted octanol–water partition coefficient (Wildman–Crippen LogP) is 1.05. The SMILES string of the molecule is CCC1(C)CCN(c2nc(N)nc(-n3cncn3)n2)CC1. The van der Waals surface area contributed by atoms with Crippen LogP contribution in [0.25, 0.3) is 5.95 Å². The highest BCUT2D eigenvalue weighted by Crippen LogP contribution is 2.34. The van der Waals surface area contributed by atoms with Crippen LogP contribution < -0.4 is 10.6 Å². The van der Waals surface area contributed by atoms with Crippen LogP contribution in [0, 0.1) is 5.41 Å². The Morgan fingerprint density at radius 2 is 1.90 bits per heavy atom. The summed E-state index contributed by atoms with van der Waals surface area (Å²) in [5.41, 5.74) is 6.22. The summed E-state index contributed by atoms with van der Waals surface area (Å²) in [5, 5.41) is 4.03. The Hall–Kier alpha value is -2.25. The molecule has 0 amide bonds. The van der Waals surface area contributed by atoms with Gasteiger partial charge in [-0.2, -0.15) is 24.7 Å². The van der Waals surface area contributed by atoms with Crippen LogP contribution in [0.5, 0.6) is 0 Å². The van der Waals surface area contributed by atoms with Gasteiger partial charge in [-0.05, 0) is 18.3 Å². The maximum absolute atomic E-state index is 5.80. The third-order valence-corrected chi connectivity index (χ3v) is 4.36. The van der Waals surface area contributed by atoms with Gasteiger partial charge in [0.05, 0.1) is 0 Å². The van der Waals surface area contributed by atoms with Gasteiger partial charge in [-0.3, -0.25) is 0 Å². The molecule has 0 bridgehead atoms. The lowest BCUT2D eigenvalue weighted by Gasteiger charge is -2.38. The quantitative estimate of drug-likeness (QED) is 0.901. The first-order valence-corrected chi connectivity index (χ1v) is 7.21. The smallest absolute Gasteiger partial charge is 0.258 e. The molecule has 1 aliphatic heterocycles. The minimum absolute atomic E-state index is 0.203. The summed E-state index contributed by atoms with van der Waals surface area (Å²) in [4.78, 5) is 18.9. The van der Waals surface area contributed by atoms with Crippen LogP contribution in [0.3, 0.4) is 0 Å². The van der Waals surface area contributed by atoms with E-state index < -0.39 is 0 Å². The van der Waals surface area contributed by atoms with Gasteiger partial charge in [0.2, 0.25) is 11.9 Å². The molecular weight excluding hydrogens is 268 g/mol. The lowest BCUT2D eigenvalue weighted by atomic mass is 9.78. The summed E-state index contributed by atoms with van der Waals surface area (Å²) in [6.07, 6.45) is 6.45. The zero-order valence-corrected chi connectivity index (χ0v) is 12.4. The van der Waals surface area contributed by atoms with Crippen molar-refractivity contribution < 1.29 is 0 Å². The number of hydrogen-bond acceptors (Lipinski definition) is 7. The van der Waals surface area contributed by atoms with E-state index in [9.17, 15) is 0 Å². The van der Waals surface area contributed by atoms with E-state index in [4.69, 9.17) is 5.73 Å². The van der Waals surface area contributed by atoms with Crippen molar-refractivity contribution in [2.24, 2.45) is 5.41 Å².